The largest absolute Gasteiger partial charge is 0.481 e. The van der Waals surface area contributed by atoms with Crippen LogP contribution in [0.1, 0.15) is 19.4 Å². The number of aromatic nitrogens is 2. The average molecular weight is 286 g/mol. The summed E-state index contributed by atoms with van der Waals surface area (Å²) in [7, 11) is 1.61. The summed E-state index contributed by atoms with van der Waals surface area (Å²) in [6.45, 7) is 6.91. The maximum Gasteiger partial charge on any atom is 0.212 e. The molecule has 112 valence electrons. The summed E-state index contributed by atoms with van der Waals surface area (Å²) in [6, 6.07) is 7.95. The van der Waals surface area contributed by atoms with E-state index in [0.717, 1.165) is 30.2 Å². The van der Waals surface area contributed by atoms with Gasteiger partial charge in [0, 0.05) is 31.9 Å². The van der Waals surface area contributed by atoms with E-state index in [0.29, 0.717) is 12.4 Å². The van der Waals surface area contributed by atoms with E-state index in [-0.39, 0.29) is 0 Å². The lowest BCUT2D eigenvalue weighted by Crippen LogP contribution is -2.22. The summed E-state index contributed by atoms with van der Waals surface area (Å²) in [4.78, 5) is 10.9. The first kappa shape index (κ1) is 15.1. The number of pyridine rings is 2. The van der Waals surface area contributed by atoms with Gasteiger partial charge in [0.2, 0.25) is 5.88 Å². The van der Waals surface area contributed by atoms with Crippen molar-refractivity contribution in [2.24, 2.45) is 0 Å². The van der Waals surface area contributed by atoms with Gasteiger partial charge in [0.25, 0.3) is 0 Å². The van der Waals surface area contributed by atoms with Crippen molar-refractivity contribution in [1.29, 1.82) is 0 Å². The average Bonchev–Trinajstić information content (AvgIpc) is 2.55. The fourth-order valence-corrected chi connectivity index (χ4v) is 2.07. The second kappa shape index (κ2) is 7.47. The van der Waals surface area contributed by atoms with Crippen molar-refractivity contribution in [3.63, 3.8) is 0 Å². The molecule has 0 spiro atoms. The van der Waals surface area contributed by atoms with Crippen LogP contribution >= 0.6 is 0 Å². The zero-order valence-electron chi connectivity index (χ0n) is 12.8. The second-order valence-corrected chi connectivity index (χ2v) is 4.64. The van der Waals surface area contributed by atoms with Crippen LogP contribution in [0.3, 0.4) is 0 Å². The van der Waals surface area contributed by atoms with Crippen molar-refractivity contribution in [3.8, 4) is 5.88 Å². The van der Waals surface area contributed by atoms with Gasteiger partial charge in [-0.25, -0.2) is 9.97 Å². The van der Waals surface area contributed by atoms with E-state index in [2.05, 4.69) is 40.1 Å². The Hall–Kier alpha value is -2.30. The maximum atomic E-state index is 5.04. The molecular formula is C16H22N4O. The third-order valence-corrected chi connectivity index (χ3v) is 3.34. The predicted molar refractivity (Wildman–Crippen MR) is 85.9 cm³/mol. The molecule has 2 aromatic rings. The summed E-state index contributed by atoms with van der Waals surface area (Å²) in [5, 5.41) is 3.34. The molecule has 1 N–H and O–H groups in total. The number of hydrogen-bond acceptors (Lipinski definition) is 5. The van der Waals surface area contributed by atoms with Crippen molar-refractivity contribution in [2.45, 2.75) is 20.4 Å². The molecule has 0 aromatic carbocycles. The van der Waals surface area contributed by atoms with Crippen LogP contribution in [0.2, 0.25) is 0 Å². The van der Waals surface area contributed by atoms with Crippen molar-refractivity contribution < 1.29 is 4.74 Å². The Bertz CT molecular complexity index is 535. The monoisotopic (exact) mass is 286 g/mol. The Kier molecular flexibility index (Phi) is 5.37. The lowest BCUT2D eigenvalue weighted by molar-refractivity contribution is 0.397. The van der Waals surface area contributed by atoms with E-state index in [4.69, 9.17) is 4.74 Å². The van der Waals surface area contributed by atoms with Gasteiger partial charge in [0.15, 0.2) is 0 Å². The Morgan fingerprint density at radius 2 is 1.86 bits per heavy atom. The SMILES string of the molecule is CCN(CC)c1ccc(NCc2ccc(OC)nc2)cn1. The molecule has 5 heteroatoms. The zero-order valence-corrected chi connectivity index (χ0v) is 12.8. The molecule has 0 atom stereocenters. The first-order chi connectivity index (χ1) is 10.3. The molecule has 0 unspecified atom stereocenters. The van der Waals surface area contributed by atoms with Crippen LogP contribution in [-0.4, -0.2) is 30.2 Å². The van der Waals surface area contributed by atoms with Crippen molar-refractivity contribution in [2.75, 3.05) is 30.4 Å². The number of ether oxygens (including phenoxy) is 1. The quantitative estimate of drug-likeness (QED) is 0.848. The first-order valence-electron chi connectivity index (χ1n) is 7.20. The standard InChI is InChI=1S/C16H22N4O/c1-4-20(5-2)15-8-7-14(12-18-15)17-10-13-6-9-16(21-3)19-11-13/h6-9,11-12,17H,4-5,10H2,1-3H3. The van der Waals surface area contributed by atoms with Crippen molar-refractivity contribution >= 4 is 11.5 Å². The van der Waals surface area contributed by atoms with Gasteiger partial charge >= 0.3 is 0 Å². The molecule has 2 heterocycles. The molecule has 2 rings (SSSR count). The smallest absolute Gasteiger partial charge is 0.212 e. The van der Waals surface area contributed by atoms with Gasteiger partial charge < -0.3 is 15.0 Å². The number of methoxy groups -OCH3 is 1. The highest BCUT2D eigenvalue weighted by Gasteiger charge is 2.03. The summed E-state index contributed by atoms with van der Waals surface area (Å²) in [5.41, 5.74) is 2.10. The summed E-state index contributed by atoms with van der Waals surface area (Å²) in [6.07, 6.45) is 3.67. The van der Waals surface area contributed by atoms with Gasteiger partial charge in [-0.05, 0) is 31.5 Å². The minimum absolute atomic E-state index is 0.629. The Morgan fingerprint density at radius 1 is 1.05 bits per heavy atom. The Labute approximate surface area is 126 Å². The van der Waals surface area contributed by atoms with Crippen LogP contribution in [0.5, 0.6) is 5.88 Å². The van der Waals surface area contributed by atoms with Crippen LogP contribution < -0.4 is 15.0 Å². The predicted octanol–water partition coefficient (Wildman–Crippen LogP) is 2.94. The number of rotatable bonds is 7. The number of nitrogens with one attached hydrogen (secondary N) is 1. The summed E-state index contributed by atoms with van der Waals surface area (Å²) >= 11 is 0. The van der Waals surface area contributed by atoms with Gasteiger partial charge in [-0.15, -0.1) is 0 Å². The van der Waals surface area contributed by atoms with Crippen LogP contribution in [0.15, 0.2) is 36.7 Å². The minimum Gasteiger partial charge on any atom is -0.481 e. The van der Waals surface area contributed by atoms with Crippen LogP contribution in [0, 0.1) is 0 Å². The second-order valence-electron chi connectivity index (χ2n) is 4.64. The van der Waals surface area contributed by atoms with Crippen molar-refractivity contribution in [3.05, 3.63) is 42.2 Å². The highest BCUT2D eigenvalue weighted by Crippen LogP contribution is 2.15. The van der Waals surface area contributed by atoms with Crippen LogP contribution in [-0.2, 0) is 6.54 Å². The topological polar surface area (TPSA) is 50.3 Å². The van der Waals surface area contributed by atoms with E-state index in [1.165, 1.54) is 0 Å². The van der Waals surface area contributed by atoms with Gasteiger partial charge in [0.05, 0.1) is 19.0 Å². The molecule has 0 radical (unpaired) electrons. The molecule has 0 amide bonds. The maximum absolute atomic E-state index is 5.04. The Morgan fingerprint density at radius 3 is 2.38 bits per heavy atom. The molecule has 0 saturated heterocycles. The van der Waals surface area contributed by atoms with E-state index in [1.54, 1.807) is 7.11 Å². The highest BCUT2D eigenvalue weighted by atomic mass is 16.5. The highest BCUT2D eigenvalue weighted by molar-refractivity contribution is 5.48. The molecule has 21 heavy (non-hydrogen) atoms. The van der Waals surface area contributed by atoms with Crippen molar-refractivity contribution in [1.82, 2.24) is 9.97 Å². The van der Waals surface area contributed by atoms with Gasteiger partial charge in [-0.1, -0.05) is 6.07 Å². The Balaban J connectivity index is 1.93. The summed E-state index contributed by atoms with van der Waals surface area (Å²) in [5.74, 6) is 1.64. The van der Waals surface area contributed by atoms with E-state index in [9.17, 15) is 0 Å². The normalized spacial score (nSPS) is 10.2. The molecule has 0 fully saturated rings. The minimum atomic E-state index is 0.629. The lowest BCUT2D eigenvalue weighted by atomic mass is 10.2. The molecule has 0 bridgehead atoms. The van der Waals surface area contributed by atoms with Crippen LogP contribution in [0.25, 0.3) is 0 Å². The van der Waals surface area contributed by atoms with Gasteiger partial charge in [0.1, 0.15) is 5.82 Å². The molecule has 0 aliphatic heterocycles. The summed E-state index contributed by atoms with van der Waals surface area (Å²) < 4.78 is 5.04. The molecule has 0 aliphatic carbocycles. The molecule has 2 aromatic heterocycles. The number of anilines is 2. The van der Waals surface area contributed by atoms with Gasteiger partial charge in [-0.3, -0.25) is 0 Å². The fourth-order valence-electron chi connectivity index (χ4n) is 2.07. The molecule has 0 aliphatic rings. The van der Waals surface area contributed by atoms with E-state index >= 15 is 0 Å². The fraction of sp³-hybridized carbons (Fsp3) is 0.375. The molecule has 0 saturated carbocycles. The number of nitrogens with zero attached hydrogens (tertiary/aromatic N) is 3. The molecular weight excluding hydrogens is 264 g/mol. The van der Waals surface area contributed by atoms with E-state index in [1.807, 2.05) is 30.6 Å². The van der Waals surface area contributed by atoms with Gasteiger partial charge in [-0.2, -0.15) is 0 Å². The van der Waals surface area contributed by atoms with E-state index < -0.39 is 0 Å². The zero-order chi connectivity index (χ0) is 15.1. The van der Waals surface area contributed by atoms with Crippen LogP contribution in [0.4, 0.5) is 11.5 Å². The number of hydrogen-bond donors (Lipinski definition) is 1. The molecule has 5 nitrogen and oxygen atoms in total. The third-order valence-electron chi connectivity index (χ3n) is 3.34. The third kappa shape index (κ3) is 4.08. The first-order valence-corrected chi connectivity index (χ1v) is 7.20. The lowest BCUT2D eigenvalue weighted by Gasteiger charge is -2.19.